The van der Waals surface area contributed by atoms with Gasteiger partial charge in [0.05, 0.1) is 37.7 Å². The lowest BCUT2D eigenvalue weighted by Crippen LogP contribution is -2.28. The first-order chi connectivity index (χ1) is 12.1. The molecule has 0 fully saturated rings. The summed E-state index contributed by atoms with van der Waals surface area (Å²) in [6, 6.07) is 13.0. The number of rotatable bonds is 6. The maximum atomic E-state index is 12.4. The first-order valence-electron chi connectivity index (χ1n) is 8.05. The minimum atomic E-state index is -0.225. The standard InChI is InChI=1S/C19H21N3O3/c1-12(19-21-15-6-4-5-7-16(15)22-19)20-18(23)11-13-10-14(24-2)8-9-17(13)25-3/h4-10,12H,11H2,1-3H3,(H,20,23)(H,21,22)/t12-/m0/s1. The molecule has 0 spiro atoms. The van der Waals surface area contributed by atoms with Crippen LogP contribution in [0, 0.1) is 0 Å². The van der Waals surface area contributed by atoms with Gasteiger partial charge in [-0.25, -0.2) is 4.98 Å². The molecule has 0 saturated heterocycles. The Labute approximate surface area is 146 Å². The number of ether oxygens (including phenoxy) is 2. The Bertz CT molecular complexity index is 856. The van der Waals surface area contributed by atoms with Crippen LogP contribution in [0.25, 0.3) is 11.0 Å². The number of amides is 1. The fourth-order valence-electron chi connectivity index (χ4n) is 2.73. The molecule has 0 aliphatic carbocycles. The summed E-state index contributed by atoms with van der Waals surface area (Å²) in [4.78, 5) is 20.2. The van der Waals surface area contributed by atoms with Gasteiger partial charge in [0.2, 0.25) is 5.91 Å². The SMILES string of the molecule is COc1ccc(OC)c(CC(=O)N[C@@H](C)c2nc3ccccc3[nH]2)c1. The molecular weight excluding hydrogens is 318 g/mol. The van der Waals surface area contributed by atoms with Crippen LogP contribution in [0.2, 0.25) is 0 Å². The molecule has 0 radical (unpaired) electrons. The van der Waals surface area contributed by atoms with Crippen molar-refractivity contribution < 1.29 is 14.3 Å². The van der Waals surface area contributed by atoms with E-state index in [0.29, 0.717) is 11.5 Å². The number of carbonyl (C=O) groups excluding carboxylic acids is 1. The van der Waals surface area contributed by atoms with E-state index in [4.69, 9.17) is 9.47 Å². The number of aromatic amines is 1. The van der Waals surface area contributed by atoms with Gasteiger partial charge in [0, 0.05) is 5.56 Å². The molecule has 2 N–H and O–H groups in total. The molecule has 0 saturated carbocycles. The predicted molar refractivity (Wildman–Crippen MR) is 95.9 cm³/mol. The number of hydrogen-bond acceptors (Lipinski definition) is 4. The molecule has 3 aromatic rings. The molecule has 0 unspecified atom stereocenters. The van der Waals surface area contributed by atoms with E-state index in [2.05, 4.69) is 15.3 Å². The Morgan fingerprint density at radius 2 is 2.00 bits per heavy atom. The van der Waals surface area contributed by atoms with Crippen LogP contribution in [-0.2, 0) is 11.2 Å². The topological polar surface area (TPSA) is 76.2 Å². The molecule has 6 heteroatoms. The van der Waals surface area contributed by atoms with Crippen molar-refractivity contribution in [3.63, 3.8) is 0 Å². The van der Waals surface area contributed by atoms with Crippen molar-refractivity contribution >= 4 is 16.9 Å². The van der Waals surface area contributed by atoms with Crippen molar-refractivity contribution in [2.24, 2.45) is 0 Å². The molecule has 0 aliphatic rings. The number of nitrogens with zero attached hydrogens (tertiary/aromatic N) is 1. The first kappa shape index (κ1) is 16.8. The number of benzene rings is 2. The number of fused-ring (bicyclic) bond motifs is 1. The summed E-state index contributed by atoms with van der Waals surface area (Å²) in [5.74, 6) is 1.97. The van der Waals surface area contributed by atoms with E-state index in [-0.39, 0.29) is 18.4 Å². The summed E-state index contributed by atoms with van der Waals surface area (Å²) in [5.41, 5.74) is 2.61. The number of nitrogens with one attached hydrogen (secondary N) is 2. The monoisotopic (exact) mass is 339 g/mol. The minimum absolute atomic E-state index is 0.112. The molecule has 1 amide bonds. The zero-order valence-electron chi connectivity index (χ0n) is 14.5. The average molecular weight is 339 g/mol. The number of aromatic nitrogens is 2. The van der Waals surface area contributed by atoms with E-state index >= 15 is 0 Å². The van der Waals surface area contributed by atoms with Gasteiger partial charge in [0.1, 0.15) is 17.3 Å². The number of imidazole rings is 1. The van der Waals surface area contributed by atoms with Gasteiger partial charge in [-0.05, 0) is 37.3 Å². The van der Waals surface area contributed by atoms with E-state index < -0.39 is 0 Å². The highest BCUT2D eigenvalue weighted by atomic mass is 16.5. The van der Waals surface area contributed by atoms with Crippen LogP contribution < -0.4 is 14.8 Å². The molecule has 1 heterocycles. The second-order valence-electron chi connectivity index (χ2n) is 5.78. The predicted octanol–water partition coefficient (Wildman–Crippen LogP) is 3.00. The van der Waals surface area contributed by atoms with Crippen LogP contribution in [0.3, 0.4) is 0 Å². The van der Waals surface area contributed by atoms with Gasteiger partial charge in [0.15, 0.2) is 0 Å². The third kappa shape index (κ3) is 3.74. The number of H-pyrrole nitrogens is 1. The van der Waals surface area contributed by atoms with Gasteiger partial charge in [0.25, 0.3) is 0 Å². The molecule has 25 heavy (non-hydrogen) atoms. The highest BCUT2D eigenvalue weighted by Crippen LogP contribution is 2.24. The van der Waals surface area contributed by atoms with Crippen LogP contribution in [0.5, 0.6) is 11.5 Å². The lowest BCUT2D eigenvalue weighted by atomic mass is 10.1. The second-order valence-corrected chi connectivity index (χ2v) is 5.78. The maximum Gasteiger partial charge on any atom is 0.225 e. The molecule has 1 aromatic heterocycles. The Hall–Kier alpha value is -3.02. The molecule has 3 rings (SSSR count). The Kier molecular flexibility index (Phi) is 4.88. The Balaban J connectivity index is 1.71. The third-order valence-electron chi connectivity index (χ3n) is 4.03. The normalized spacial score (nSPS) is 12.0. The van der Waals surface area contributed by atoms with Crippen LogP contribution in [0.15, 0.2) is 42.5 Å². The van der Waals surface area contributed by atoms with Gasteiger partial charge >= 0.3 is 0 Å². The lowest BCUT2D eigenvalue weighted by Gasteiger charge is -2.13. The Morgan fingerprint density at radius 1 is 1.20 bits per heavy atom. The van der Waals surface area contributed by atoms with Crippen molar-refractivity contribution in [1.29, 1.82) is 0 Å². The second kappa shape index (κ2) is 7.25. The van der Waals surface area contributed by atoms with E-state index in [1.807, 2.05) is 37.3 Å². The molecule has 2 aromatic carbocycles. The van der Waals surface area contributed by atoms with Crippen molar-refractivity contribution in [2.45, 2.75) is 19.4 Å². The van der Waals surface area contributed by atoms with Crippen molar-refractivity contribution in [2.75, 3.05) is 14.2 Å². The van der Waals surface area contributed by atoms with Crippen LogP contribution >= 0.6 is 0 Å². The van der Waals surface area contributed by atoms with Crippen LogP contribution in [0.1, 0.15) is 24.4 Å². The number of hydrogen-bond donors (Lipinski definition) is 2. The summed E-state index contributed by atoms with van der Waals surface area (Å²) in [5, 5.41) is 2.97. The van der Waals surface area contributed by atoms with Crippen molar-refractivity contribution in [3.8, 4) is 11.5 Å². The van der Waals surface area contributed by atoms with Crippen molar-refractivity contribution in [3.05, 3.63) is 53.9 Å². The number of methoxy groups -OCH3 is 2. The van der Waals surface area contributed by atoms with Crippen LogP contribution in [0.4, 0.5) is 0 Å². The maximum absolute atomic E-state index is 12.4. The minimum Gasteiger partial charge on any atom is -0.497 e. The molecule has 1 atom stereocenters. The third-order valence-corrected chi connectivity index (χ3v) is 4.03. The molecule has 130 valence electrons. The lowest BCUT2D eigenvalue weighted by molar-refractivity contribution is -0.121. The summed E-state index contributed by atoms with van der Waals surface area (Å²) in [7, 11) is 3.18. The fourth-order valence-corrected chi connectivity index (χ4v) is 2.73. The summed E-state index contributed by atoms with van der Waals surface area (Å²) in [6.07, 6.45) is 0.199. The fraction of sp³-hybridized carbons (Fsp3) is 0.263. The van der Waals surface area contributed by atoms with E-state index in [9.17, 15) is 4.79 Å². The number of para-hydroxylation sites is 2. The van der Waals surface area contributed by atoms with Gasteiger partial charge < -0.3 is 19.8 Å². The largest absolute Gasteiger partial charge is 0.497 e. The highest BCUT2D eigenvalue weighted by Gasteiger charge is 2.16. The molecule has 0 bridgehead atoms. The highest BCUT2D eigenvalue weighted by molar-refractivity contribution is 5.80. The van der Waals surface area contributed by atoms with Gasteiger partial charge in [-0.1, -0.05) is 12.1 Å². The van der Waals surface area contributed by atoms with Gasteiger partial charge in [-0.15, -0.1) is 0 Å². The number of carbonyl (C=O) groups is 1. The Morgan fingerprint density at radius 3 is 2.72 bits per heavy atom. The van der Waals surface area contributed by atoms with Gasteiger partial charge in [-0.3, -0.25) is 4.79 Å². The van der Waals surface area contributed by atoms with E-state index in [0.717, 1.165) is 22.4 Å². The van der Waals surface area contributed by atoms with Gasteiger partial charge in [-0.2, -0.15) is 0 Å². The zero-order chi connectivity index (χ0) is 17.8. The average Bonchev–Trinajstić information content (AvgIpc) is 3.06. The summed E-state index contributed by atoms with van der Waals surface area (Å²) >= 11 is 0. The summed E-state index contributed by atoms with van der Waals surface area (Å²) in [6.45, 7) is 1.90. The van der Waals surface area contributed by atoms with E-state index in [1.165, 1.54) is 0 Å². The zero-order valence-corrected chi connectivity index (χ0v) is 14.5. The molecule has 0 aliphatic heterocycles. The van der Waals surface area contributed by atoms with Crippen molar-refractivity contribution in [1.82, 2.24) is 15.3 Å². The quantitative estimate of drug-likeness (QED) is 0.724. The molecular formula is C19H21N3O3. The van der Waals surface area contributed by atoms with Crippen LogP contribution in [-0.4, -0.2) is 30.1 Å². The first-order valence-corrected chi connectivity index (χ1v) is 8.05. The van der Waals surface area contributed by atoms with E-state index in [1.54, 1.807) is 26.4 Å². The molecule has 6 nitrogen and oxygen atoms in total. The summed E-state index contributed by atoms with van der Waals surface area (Å²) < 4.78 is 10.5. The smallest absolute Gasteiger partial charge is 0.225 e.